The number of primary amides is 1. The zero-order valence-corrected chi connectivity index (χ0v) is 13.7. The summed E-state index contributed by atoms with van der Waals surface area (Å²) in [5.41, 5.74) is 5.90. The molecule has 1 fully saturated rings. The number of hydrogen-bond donors (Lipinski definition) is 2. The first-order valence-electron chi connectivity index (χ1n) is 7.75. The maximum absolute atomic E-state index is 12.2. The molecule has 3 N–H and O–H groups in total. The zero-order valence-electron chi connectivity index (χ0n) is 12.9. The monoisotopic (exact) mass is 338 g/mol. The molecule has 0 aliphatic heterocycles. The van der Waals surface area contributed by atoms with Crippen molar-refractivity contribution in [2.24, 2.45) is 5.73 Å². The van der Waals surface area contributed by atoms with Crippen LogP contribution in [0.25, 0.3) is 0 Å². The second-order valence-electron chi connectivity index (χ2n) is 5.84. The number of rotatable bonds is 7. The van der Waals surface area contributed by atoms with Gasteiger partial charge in [-0.2, -0.15) is 0 Å². The topological polar surface area (TPSA) is 106 Å². The molecule has 0 aromatic heterocycles. The summed E-state index contributed by atoms with van der Waals surface area (Å²) in [6.45, 7) is 0. The maximum Gasteiger partial charge on any atom is 0.244 e. The Balaban J connectivity index is 1.93. The highest BCUT2D eigenvalue weighted by atomic mass is 32.2. The van der Waals surface area contributed by atoms with E-state index >= 15 is 0 Å². The Bertz CT molecular complexity index is 652. The van der Waals surface area contributed by atoms with Gasteiger partial charge in [0, 0.05) is 6.42 Å². The van der Waals surface area contributed by atoms with Crippen LogP contribution >= 0.6 is 0 Å². The molecule has 0 heterocycles. The van der Waals surface area contributed by atoms with Crippen molar-refractivity contribution in [1.82, 2.24) is 5.32 Å². The number of nitrogens with two attached hydrogens (primary N) is 1. The van der Waals surface area contributed by atoms with E-state index in [4.69, 9.17) is 5.73 Å². The fraction of sp³-hybridized carbons (Fsp3) is 0.500. The summed E-state index contributed by atoms with van der Waals surface area (Å²) >= 11 is 0. The quantitative estimate of drug-likeness (QED) is 0.775. The smallest absolute Gasteiger partial charge is 0.244 e. The van der Waals surface area contributed by atoms with E-state index in [0.717, 1.165) is 12.8 Å². The second kappa shape index (κ2) is 7.59. The first-order chi connectivity index (χ1) is 10.9. The van der Waals surface area contributed by atoms with Crippen molar-refractivity contribution >= 4 is 21.7 Å². The van der Waals surface area contributed by atoms with Gasteiger partial charge in [-0.05, 0) is 18.4 Å². The molecule has 0 bridgehead atoms. The molecule has 2 rings (SSSR count). The predicted molar refractivity (Wildman–Crippen MR) is 87.2 cm³/mol. The lowest BCUT2D eigenvalue weighted by atomic mass is 10.1. The van der Waals surface area contributed by atoms with Crippen LogP contribution in [0.2, 0.25) is 0 Å². The molecule has 2 amide bonds. The Morgan fingerprint density at radius 1 is 1.17 bits per heavy atom. The van der Waals surface area contributed by atoms with E-state index in [9.17, 15) is 18.0 Å². The standard InChI is InChI=1S/C16H22N2O4S/c17-16(20)15(12-6-2-1-3-7-12)18-14(19)10-11-23(21,22)13-8-4-5-9-13/h1-3,6-7,13,15H,4-5,8-11H2,(H2,17,20)(H,18,19)/t15-/m1/s1. The van der Waals surface area contributed by atoms with Crippen molar-refractivity contribution in [3.63, 3.8) is 0 Å². The van der Waals surface area contributed by atoms with E-state index in [0.29, 0.717) is 18.4 Å². The summed E-state index contributed by atoms with van der Waals surface area (Å²) in [5.74, 6) is -1.36. The van der Waals surface area contributed by atoms with Crippen LogP contribution in [0.5, 0.6) is 0 Å². The third-order valence-corrected chi connectivity index (χ3v) is 6.41. The highest BCUT2D eigenvalue weighted by Gasteiger charge is 2.29. The lowest BCUT2D eigenvalue weighted by Gasteiger charge is -2.16. The Morgan fingerprint density at radius 3 is 2.35 bits per heavy atom. The molecule has 0 spiro atoms. The van der Waals surface area contributed by atoms with Gasteiger partial charge in [0.05, 0.1) is 11.0 Å². The van der Waals surface area contributed by atoms with Gasteiger partial charge in [0.15, 0.2) is 9.84 Å². The van der Waals surface area contributed by atoms with Gasteiger partial charge in [-0.1, -0.05) is 43.2 Å². The van der Waals surface area contributed by atoms with E-state index in [2.05, 4.69) is 5.32 Å². The Labute approximate surface area is 136 Å². The molecule has 1 aromatic rings. The molecule has 1 aromatic carbocycles. The van der Waals surface area contributed by atoms with Crippen molar-refractivity contribution in [2.75, 3.05) is 5.75 Å². The van der Waals surface area contributed by atoms with Crippen molar-refractivity contribution in [3.05, 3.63) is 35.9 Å². The van der Waals surface area contributed by atoms with Gasteiger partial charge < -0.3 is 11.1 Å². The molecule has 23 heavy (non-hydrogen) atoms. The molecular weight excluding hydrogens is 316 g/mol. The van der Waals surface area contributed by atoms with Crippen LogP contribution in [-0.2, 0) is 19.4 Å². The third-order valence-electron chi connectivity index (χ3n) is 4.15. The van der Waals surface area contributed by atoms with Crippen LogP contribution in [-0.4, -0.2) is 31.2 Å². The van der Waals surface area contributed by atoms with E-state index in [1.807, 2.05) is 0 Å². The van der Waals surface area contributed by atoms with Crippen LogP contribution in [0.1, 0.15) is 43.7 Å². The molecule has 0 saturated heterocycles. The van der Waals surface area contributed by atoms with Crippen LogP contribution in [0.3, 0.4) is 0 Å². The summed E-state index contributed by atoms with van der Waals surface area (Å²) in [7, 11) is -3.25. The first kappa shape index (κ1) is 17.5. The molecule has 1 saturated carbocycles. The van der Waals surface area contributed by atoms with Crippen LogP contribution in [0.15, 0.2) is 30.3 Å². The summed E-state index contributed by atoms with van der Waals surface area (Å²) in [4.78, 5) is 23.5. The van der Waals surface area contributed by atoms with Crippen LogP contribution in [0.4, 0.5) is 0 Å². The lowest BCUT2D eigenvalue weighted by Crippen LogP contribution is -2.38. The summed E-state index contributed by atoms with van der Waals surface area (Å²) in [5, 5.41) is 2.20. The molecule has 7 heteroatoms. The van der Waals surface area contributed by atoms with Gasteiger partial charge in [0.25, 0.3) is 0 Å². The molecule has 1 aliphatic carbocycles. The third kappa shape index (κ3) is 4.79. The van der Waals surface area contributed by atoms with Gasteiger partial charge in [-0.25, -0.2) is 8.42 Å². The maximum atomic E-state index is 12.2. The molecule has 0 unspecified atom stereocenters. The molecule has 126 valence electrons. The van der Waals surface area contributed by atoms with E-state index in [-0.39, 0.29) is 17.4 Å². The fourth-order valence-electron chi connectivity index (χ4n) is 2.85. The zero-order chi connectivity index (χ0) is 16.9. The summed E-state index contributed by atoms with van der Waals surface area (Å²) in [6.07, 6.45) is 3.05. The van der Waals surface area contributed by atoms with Crippen molar-refractivity contribution in [2.45, 2.75) is 43.4 Å². The average Bonchev–Trinajstić information content (AvgIpc) is 3.06. The molecule has 1 aliphatic rings. The van der Waals surface area contributed by atoms with Gasteiger partial charge in [-0.15, -0.1) is 0 Å². The van der Waals surface area contributed by atoms with Gasteiger partial charge in [0.2, 0.25) is 11.8 Å². The largest absolute Gasteiger partial charge is 0.368 e. The minimum atomic E-state index is -3.25. The van der Waals surface area contributed by atoms with Crippen molar-refractivity contribution in [3.8, 4) is 0 Å². The van der Waals surface area contributed by atoms with Crippen molar-refractivity contribution in [1.29, 1.82) is 0 Å². The SMILES string of the molecule is NC(=O)[C@H](NC(=O)CCS(=O)(=O)C1CCCC1)c1ccccc1. The molecule has 1 atom stereocenters. The lowest BCUT2D eigenvalue weighted by molar-refractivity contribution is -0.127. The Kier molecular flexibility index (Phi) is 5.76. The summed E-state index contributed by atoms with van der Waals surface area (Å²) < 4.78 is 24.3. The minimum absolute atomic E-state index is 0.157. The normalized spacial score (nSPS) is 16.9. The van der Waals surface area contributed by atoms with Gasteiger partial charge >= 0.3 is 0 Å². The number of nitrogens with one attached hydrogen (secondary N) is 1. The van der Waals surface area contributed by atoms with Crippen LogP contribution < -0.4 is 11.1 Å². The van der Waals surface area contributed by atoms with Gasteiger partial charge in [-0.3, -0.25) is 9.59 Å². The minimum Gasteiger partial charge on any atom is -0.368 e. The van der Waals surface area contributed by atoms with E-state index in [1.165, 1.54) is 0 Å². The highest BCUT2D eigenvalue weighted by molar-refractivity contribution is 7.92. The number of amides is 2. The Morgan fingerprint density at radius 2 is 1.78 bits per heavy atom. The number of carbonyl (C=O) groups excluding carboxylic acids is 2. The highest BCUT2D eigenvalue weighted by Crippen LogP contribution is 2.25. The molecular formula is C16H22N2O4S. The molecule has 0 radical (unpaired) electrons. The van der Waals surface area contributed by atoms with Crippen molar-refractivity contribution < 1.29 is 18.0 Å². The Hall–Kier alpha value is -1.89. The number of hydrogen-bond acceptors (Lipinski definition) is 4. The van der Waals surface area contributed by atoms with Crippen LogP contribution in [0, 0.1) is 0 Å². The number of sulfone groups is 1. The first-order valence-corrected chi connectivity index (χ1v) is 9.47. The summed E-state index contributed by atoms with van der Waals surface area (Å²) in [6, 6.07) is 7.69. The number of benzene rings is 1. The number of carbonyl (C=O) groups is 2. The van der Waals surface area contributed by atoms with E-state index < -0.39 is 27.7 Å². The van der Waals surface area contributed by atoms with E-state index in [1.54, 1.807) is 30.3 Å². The second-order valence-corrected chi connectivity index (χ2v) is 8.24. The molecule has 6 nitrogen and oxygen atoms in total. The predicted octanol–water partition coefficient (Wildman–Crippen LogP) is 1.08. The average molecular weight is 338 g/mol. The van der Waals surface area contributed by atoms with Gasteiger partial charge in [0.1, 0.15) is 6.04 Å². The fourth-order valence-corrected chi connectivity index (χ4v) is 4.70.